The largest absolute Gasteiger partial charge is 0.478 e. The van der Waals surface area contributed by atoms with Crippen LogP contribution in [0.25, 0.3) is 45.0 Å². The van der Waals surface area contributed by atoms with Crippen molar-refractivity contribution in [2.75, 3.05) is 50.9 Å². The number of hydrogen-bond donors (Lipinski definition) is 11. The van der Waals surface area contributed by atoms with E-state index in [1.807, 2.05) is 69.3 Å². The zero-order valence-electron chi connectivity index (χ0n) is 74.9. The van der Waals surface area contributed by atoms with E-state index < -0.39 is 64.4 Å². The van der Waals surface area contributed by atoms with Gasteiger partial charge in [-0.3, -0.25) is 4.79 Å². The number of carbonyl (C=O) groups excluding carboxylic acids is 5. The fourth-order valence-corrected chi connectivity index (χ4v) is 15.7. The maximum atomic E-state index is 14.4. The molecule has 0 saturated heterocycles. The van der Waals surface area contributed by atoms with E-state index in [0.717, 1.165) is 131 Å². The van der Waals surface area contributed by atoms with Gasteiger partial charge in [0.15, 0.2) is 0 Å². The van der Waals surface area contributed by atoms with Crippen molar-refractivity contribution in [2.45, 2.75) is 205 Å². The predicted octanol–water partition coefficient (Wildman–Crippen LogP) is 18.0. The number of carbonyl (C=O) groups is 6. The van der Waals surface area contributed by atoms with Crippen molar-refractivity contribution >= 4 is 84.1 Å². The lowest BCUT2D eigenvalue weighted by molar-refractivity contribution is -0.120. The van der Waals surface area contributed by atoms with Crippen molar-refractivity contribution in [1.82, 2.24) is 50.5 Å². The van der Waals surface area contributed by atoms with E-state index in [1.54, 1.807) is 55.1 Å². The maximum absolute atomic E-state index is 14.4. The molecule has 4 fully saturated rings. The number of benzene rings is 7. The molecule has 135 heavy (non-hydrogen) atoms. The number of halogens is 5. The Kier molecular flexibility index (Phi) is 42.5. The first-order valence-corrected chi connectivity index (χ1v) is 43.7. The molecule has 18 N–H and O–H groups in total. The number of ether oxygens (including phenoxy) is 4. The molecule has 0 bridgehead atoms. The molecule has 0 aliphatic heterocycles. The Balaban J connectivity index is 0.000000229. The number of nitrogen functional groups attached to an aromatic ring is 4. The third-order valence-corrected chi connectivity index (χ3v) is 23.1. The number of alkyl carbamates (subject to hydrolysis) is 1. The normalized spacial score (nSPS) is 16.9. The zero-order chi connectivity index (χ0) is 95.3. The molecule has 0 radical (unpaired) electrons. The summed E-state index contributed by atoms with van der Waals surface area (Å²) in [5.74, 6) is -4.56. The maximum Gasteiger partial charge on any atom is 0.407 e. The number of nitrogens with two attached hydrogens (primary N) is 7. The van der Waals surface area contributed by atoms with Crippen LogP contribution in [-0.4, -0.2) is 138 Å². The first-order valence-electron chi connectivity index (χ1n) is 43.3. The summed E-state index contributed by atoms with van der Waals surface area (Å²) >= 11 is 5.71. The number of Topliss-reactive ketones (excluding diaryl/α,β-unsaturated/α-hetero) is 1. The Hall–Kier alpha value is -13.0. The fraction of sp³-hybridized carbons (Fsp3) is 0.360. The number of carboxylic acid groups (broad SMARTS) is 1. The summed E-state index contributed by atoms with van der Waals surface area (Å²) in [6.07, 6.45) is 19.8. The van der Waals surface area contributed by atoms with Gasteiger partial charge in [0.1, 0.15) is 80.7 Å². The van der Waals surface area contributed by atoms with Crippen LogP contribution in [0.4, 0.5) is 45.6 Å². The highest BCUT2D eigenvalue weighted by Crippen LogP contribution is 2.40. The molecule has 1 atom stereocenters. The lowest BCUT2D eigenvalue weighted by atomic mass is 9.84. The number of nitrogens with zero attached hydrogens (tertiary/aromatic N) is 8. The summed E-state index contributed by atoms with van der Waals surface area (Å²) in [6, 6.07) is 44.3. The first-order chi connectivity index (χ1) is 63.2. The summed E-state index contributed by atoms with van der Waals surface area (Å²) in [6.45, 7) is 6.92. The average Bonchev–Trinajstić information content (AvgIpc) is 0.815. The molecule has 1 amide bonds. The number of ketones is 1. The lowest BCUT2D eigenvalue weighted by Crippen LogP contribution is -2.40. The van der Waals surface area contributed by atoms with Gasteiger partial charge < -0.3 is 79.9 Å². The van der Waals surface area contributed by atoms with E-state index >= 15 is 0 Å². The molecular formula is C100H122ClF4N17O12S. The van der Waals surface area contributed by atoms with Crippen molar-refractivity contribution in [3.05, 3.63) is 273 Å². The Morgan fingerprint density at radius 2 is 0.815 bits per heavy atom. The van der Waals surface area contributed by atoms with Crippen LogP contribution in [0.15, 0.2) is 183 Å². The van der Waals surface area contributed by atoms with Gasteiger partial charge in [-0.1, -0.05) is 124 Å². The van der Waals surface area contributed by atoms with E-state index in [4.69, 9.17) is 71.7 Å². The number of aliphatic hydroxyl groups is 1. The van der Waals surface area contributed by atoms with Gasteiger partial charge in [0.25, 0.3) is 0 Å². The molecule has 7 aromatic carbocycles. The second-order valence-electron chi connectivity index (χ2n) is 33.2. The number of esters is 3. The highest BCUT2D eigenvalue weighted by atomic mass is 35.5. The molecule has 4 aliphatic carbocycles. The van der Waals surface area contributed by atoms with Crippen molar-refractivity contribution < 1.29 is 75.5 Å². The molecular weight excluding hydrogens is 1770 g/mol. The van der Waals surface area contributed by atoms with E-state index in [2.05, 4.69) is 84.0 Å². The molecule has 11 aromatic rings. The van der Waals surface area contributed by atoms with Crippen LogP contribution in [0.3, 0.4) is 0 Å². The monoisotopic (exact) mass is 1900 g/mol. The van der Waals surface area contributed by atoms with E-state index in [1.165, 1.54) is 81.0 Å². The second-order valence-corrected chi connectivity index (χ2v) is 33.7. The minimum atomic E-state index is -1.34. The van der Waals surface area contributed by atoms with Gasteiger partial charge in [-0.25, -0.2) is 81.4 Å². The minimum absolute atomic E-state index is 0. The number of amides is 1. The van der Waals surface area contributed by atoms with Crippen LogP contribution < -0.4 is 50.8 Å². The van der Waals surface area contributed by atoms with Gasteiger partial charge in [0.05, 0.1) is 104 Å². The number of aromatic nitrogens is 8. The summed E-state index contributed by atoms with van der Waals surface area (Å²) in [5, 5.41) is 24.9. The highest BCUT2D eigenvalue weighted by Gasteiger charge is 2.31. The zero-order valence-corrected chi connectivity index (χ0v) is 76.6. The van der Waals surface area contributed by atoms with Gasteiger partial charge in [0, 0.05) is 95.0 Å². The number of anilines is 4. The molecule has 15 rings (SSSR count). The van der Waals surface area contributed by atoms with Crippen LogP contribution in [0.1, 0.15) is 249 Å². The fourth-order valence-electron chi connectivity index (χ4n) is 15.5. The van der Waals surface area contributed by atoms with Crippen LogP contribution >= 0.6 is 25.1 Å². The lowest BCUT2D eigenvalue weighted by Gasteiger charge is -2.30. The Morgan fingerprint density at radius 1 is 0.474 bits per heavy atom. The Bertz CT molecular complexity index is 5770. The summed E-state index contributed by atoms with van der Waals surface area (Å²) in [4.78, 5) is 104. The molecule has 0 spiro atoms. The van der Waals surface area contributed by atoms with Crippen LogP contribution in [0.2, 0.25) is 5.02 Å². The van der Waals surface area contributed by atoms with Crippen LogP contribution in [0.5, 0.6) is 0 Å². The molecule has 4 aromatic heterocycles. The molecule has 35 heteroatoms. The van der Waals surface area contributed by atoms with E-state index in [9.17, 15) is 46.3 Å². The quantitative estimate of drug-likeness (QED) is 0.0203. The molecule has 4 aliphatic rings. The topological polar surface area (TPSA) is 489 Å². The van der Waals surface area contributed by atoms with Crippen molar-refractivity contribution in [1.29, 1.82) is 0 Å². The van der Waals surface area contributed by atoms with Crippen molar-refractivity contribution in [2.24, 2.45) is 17.2 Å². The van der Waals surface area contributed by atoms with Gasteiger partial charge >= 0.3 is 30.0 Å². The molecule has 0 unspecified atom stereocenters. The molecule has 29 nitrogen and oxygen atoms in total. The van der Waals surface area contributed by atoms with E-state index in [0.29, 0.717) is 75.5 Å². The molecule has 4 saturated carbocycles. The van der Waals surface area contributed by atoms with Gasteiger partial charge in [0.2, 0.25) is 0 Å². The van der Waals surface area contributed by atoms with Crippen LogP contribution in [0, 0.1) is 23.3 Å². The minimum Gasteiger partial charge on any atom is -0.478 e. The Morgan fingerprint density at radius 3 is 1.13 bits per heavy atom. The number of hydrogen-bond acceptors (Lipinski definition) is 27. The average molecular weight is 1900 g/mol. The summed E-state index contributed by atoms with van der Waals surface area (Å²) in [7, 11) is 3.62. The van der Waals surface area contributed by atoms with Gasteiger partial charge in [-0.15, -0.1) is 0 Å². The van der Waals surface area contributed by atoms with Crippen molar-refractivity contribution in [3.8, 4) is 45.0 Å². The van der Waals surface area contributed by atoms with Crippen molar-refractivity contribution in [3.63, 3.8) is 0 Å². The number of nitrogens with one attached hydrogen (secondary N) is 2. The summed E-state index contributed by atoms with van der Waals surface area (Å²) in [5.41, 5.74) is 49.2. The number of rotatable bonds is 19. The van der Waals surface area contributed by atoms with Gasteiger partial charge in [-0.05, 0) is 188 Å². The number of aliphatic hydroxyl groups excluding tert-OH is 1. The molecule has 720 valence electrons. The van der Waals surface area contributed by atoms with Crippen LogP contribution in [-0.2, 0) is 36.8 Å². The second kappa shape index (κ2) is 52.6. The number of methoxy groups -OCH3 is 3. The Labute approximate surface area is 796 Å². The highest BCUT2D eigenvalue weighted by molar-refractivity contribution is 7.59. The number of aromatic carboxylic acids is 1. The first kappa shape index (κ1) is 109. The number of carboxylic acids is 1. The van der Waals surface area contributed by atoms with E-state index in [-0.39, 0.29) is 122 Å². The third-order valence-electron chi connectivity index (χ3n) is 22.8. The smallest absolute Gasteiger partial charge is 0.407 e. The van der Waals surface area contributed by atoms with Gasteiger partial charge in [-0.2, -0.15) is 13.5 Å². The third kappa shape index (κ3) is 31.6. The molecule has 4 heterocycles. The SMILES string of the molecule is C.C.CC(C)(C)OC(=O)NC1CCC(c2cnc(N)c(-c3ccc(C(=O)O)c(F)c3)n2)CC1.COC(=O)c1ccc(-c2nc(C3CCC(=O)CC3)cnc2N)cc1F.COC(=O)c1ccc(-c2nc(C3CCC(N)CC3)cnc2N)cc1F.COC(=O)c1ccc(-c2nc(C3CCC(NCc4ccccc4)CC3)cnc2N)cc1F.NCc1ccccc1.N[C@H](CO)c1cccc(Cl)c1.S. The summed E-state index contributed by atoms with van der Waals surface area (Å²) < 4.78 is 75.9. The standard InChI is InChI=1S/C25H27FN4O2.C22H27FN4O4.C18H21FN4O2.C18H18FN3O3.C8H10ClNO.C7H9N.2CH4.H2S/c1-32-25(31)20-12-9-18(13-21(20)26)23-24(27)29-15-22(30-23)17-7-10-19(11-8-17)28-14-16-5-3-2-4-6-16;1-22(2,3)31-21(30)26-14-7-4-12(5-8-14)17-11-25-19(24)18(27-17)13-6-9-15(20(28)29)16(23)10-13;1-25-18(24)13-7-4-11(8-14(13)19)16-17(21)22-9-15(23-16)10-2-5-12(20)6-3-10;1-25-18(24)13-7-4-11(8-14(13)19)16-17(20)21-9-15(22-16)10-2-5-12(23)6-3-10;9-7-3-1-2-6(4-7)8(10)5-11;8-6-7-4-2-1-3-5-7;;;/h2-6,9,12-13,15,17,19,28H,7-8,10-11,14H2,1H3,(H2,27,29);6,9-12,14H,4-5,7-8H2,1-3H3,(H2,24,25)(H,26,30)(H,28,29);4,7-10,12H,2-3,5-6,20H2,1H3,(H2,21,22);4,7-10H,2-3,5-6H2,1H3,(H2,20,21);1-4,8,11H,5,10H2;1-5H,6,8H2;2*1H4;1H2/t;;;;8-;;;;/m....1..../s1. The predicted molar refractivity (Wildman–Crippen MR) is 520 cm³/mol.